The SMILES string of the molecule is Cc1ccc([C@@H]2CN(C(=O)OC(C)(C)C)C[C@H]2C(=O)O)c(Cl)c1. The Labute approximate surface area is 141 Å². The minimum Gasteiger partial charge on any atom is -0.481 e. The lowest BCUT2D eigenvalue weighted by atomic mass is 9.88. The highest BCUT2D eigenvalue weighted by atomic mass is 35.5. The Kier molecular flexibility index (Phi) is 4.90. The van der Waals surface area contributed by atoms with Crippen LogP contribution in [0.5, 0.6) is 0 Å². The van der Waals surface area contributed by atoms with Crippen molar-refractivity contribution < 1.29 is 19.4 Å². The lowest BCUT2D eigenvalue weighted by Crippen LogP contribution is -2.35. The molecule has 0 aliphatic carbocycles. The highest BCUT2D eigenvalue weighted by Crippen LogP contribution is 2.37. The van der Waals surface area contributed by atoms with Crippen molar-refractivity contribution in [3.05, 3.63) is 34.3 Å². The van der Waals surface area contributed by atoms with Gasteiger partial charge in [-0.2, -0.15) is 0 Å². The van der Waals surface area contributed by atoms with Crippen LogP contribution in [0.2, 0.25) is 5.02 Å². The summed E-state index contributed by atoms with van der Waals surface area (Å²) in [4.78, 5) is 25.3. The first-order valence-electron chi connectivity index (χ1n) is 7.55. The van der Waals surface area contributed by atoms with E-state index in [9.17, 15) is 14.7 Å². The Morgan fingerprint density at radius 3 is 2.48 bits per heavy atom. The average molecular weight is 340 g/mol. The van der Waals surface area contributed by atoms with E-state index in [0.717, 1.165) is 11.1 Å². The summed E-state index contributed by atoms with van der Waals surface area (Å²) in [6, 6.07) is 5.55. The second-order valence-corrected chi connectivity index (χ2v) is 7.37. The van der Waals surface area contributed by atoms with Crippen LogP contribution in [0.15, 0.2) is 18.2 Å². The molecule has 1 aromatic carbocycles. The molecule has 1 heterocycles. The molecule has 1 saturated heterocycles. The van der Waals surface area contributed by atoms with Crippen molar-refractivity contribution in [2.45, 2.75) is 39.2 Å². The summed E-state index contributed by atoms with van der Waals surface area (Å²) >= 11 is 6.29. The maximum Gasteiger partial charge on any atom is 0.410 e. The summed E-state index contributed by atoms with van der Waals surface area (Å²) in [6.45, 7) is 7.68. The van der Waals surface area contributed by atoms with Crippen LogP contribution in [0.4, 0.5) is 4.79 Å². The molecule has 5 nitrogen and oxygen atoms in total. The van der Waals surface area contributed by atoms with Gasteiger partial charge in [-0.15, -0.1) is 0 Å². The minimum atomic E-state index is -0.933. The molecule has 126 valence electrons. The van der Waals surface area contributed by atoms with Gasteiger partial charge in [0, 0.05) is 24.0 Å². The van der Waals surface area contributed by atoms with Crippen LogP contribution >= 0.6 is 11.6 Å². The summed E-state index contributed by atoms with van der Waals surface area (Å²) in [5.41, 5.74) is 1.15. The highest BCUT2D eigenvalue weighted by Gasteiger charge is 2.42. The van der Waals surface area contributed by atoms with E-state index in [1.165, 1.54) is 4.90 Å². The van der Waals surface area contributed by atoms with Crippen LogP contribution in [0.25, 0.3) is 0 Å². The van der Waals surface area contributed by atoms with Crippen molar-refractivity contribution in [2.75, 3.05) is 13.1 Å². The molecule has 1 amide bonds. The van der Waals surface area contributed by atoms with Crippen molar-refractivity contribution in [1.29, 1.82) is 0 Å². The molecule has 1 aliphatic heterocycles. The Balaban J connectivity index is 2.25. The summed E-state index contributed by atoms with van der Waals surface area (Å²) in [7, 11) is 0. The van der Waals surface area contributed by atoms with E-state index >= 15 is 0 Å². The Hall–Kier alpha value is -1.75. The minimum absolute atomic E-state index is 0.124. The van der Waals surface area contributed by atoms with Crippen molar-refractivity contribution >= 4 is 23.7 Å². The Morgan fingerprint density at radius 2 is 1.96 bits per heavy atom. The molecule has 0 bridgehead atoms. The smallest absolute Gasteiger partial charge is 0.410 e. The molecule has 2 atom stereocenters. The number of hydrogen-bond acceptors (Lipinski definition) is 3. The van der Waals surface area contributed by atoms with Gasteiger partial charge in [-0.3, -0.25) is 4.79 Å². The normalized spacial score (nSPS) is 21.3. The van der Waals surface area contributed by atoms with E-state index in [4.69, 9.17) is 16.3 Å². The molecule has 1 aromatic rings. The number of hydrogen-bond donors (Lipinski definition) is 1. The maximum absolute atomic E-state index is 12.2. The fourth-order valence-corrected chi connectivity index (χ4v) is 3.15. The van der Waals surface area contributed by atoms with Crippen LogP contribution in [0.1, 0.15) is 37.8 Å². The number of likely N-dealkylation sites (tertiary alicyclic amines) is 1. The van der Waals surface area contributed by atoms with Gasteiger partial charge in [-0.1, -0.05) is 23.7 Å². The number of amides is 1. The van der Waals surface area contributed by atoms with Gasteiger partial charge >= 0.3 is 12.1 Å². The van der Waals surface area contributed by atoms with Crippen molar-refractivity contribution in [2.24, 2.45) is 5.92 Å². The molecule has 0 radical (unpaired) electrons. The van der Waals surface area contributed by atoms with Gasteiger partial charge in [0.25, 0.3) is 0 Å². The second kappa shape index (κ2) is 6.40. The van der Waals surface area contributed by atoms with Gasteiger partial charge in [0.1, 0.15) is 5.60 Å². The Morgan fingerprint density at radius 1 is 1.30 bits per heavy atom. The largest absolute Gasteiger partial charge is 0.481 e. The van der Waals surface area contributed by atoms with Gasteiger partial charge < -0.3 is 14.7 Å². The van der Waals surface area contributed by atoms with Crippen LogP contribution in [0.3, 0.4) is 0 Å². The van der Waals surface area contributed by atoms with Gasteiger partial charge in [0.2, 0.25) is 0 Å². The molecule has 6 heteroatoms. The van der Waals surface area contributed by atoms with E-state index in [0.29, 0.717) is 5.02 Å². The van der Waals surface area contributed by atoms with Gasteiger partial charge in [0.05, 0.1) is 5.92 Å². The van der Waals surface area contributed by atoms with E-state index in [1.54, 1.807) is 20.8 Å². The number of carbonyl (C=O) groups is 2. The number of aryl methyl sites for hydroxylation is 1. The summed E-state index contributed by atoms with van der Waals surface area (Å²) in [5.74, 6) is -1.96. The quantitative estimate of drug-likeness (QED) is 0.892. The molecule has 0 saturated carbocycles. The van der Waals surface area contributed by atoms with Crippen molar-refractivity contribution in [3.8, 4) is 0 Å². The van der Waals surface area contributed by atoms with Crippen molar-refractivity contribution in [1.82, 2.24) is 4.90 Å². The predicted molar refractivity (Wildman–Crippen MR) is 87.9 cm³/mol. The number of benzene rings is 1. The number of carboxylic acid groups (broad SMARTS) is 1. The molecule has 23 heavy (non-hydrogen) atoms. The molecule has 2 rings (SSSR count). The van der Waals surface area contributed by atoms with Crippen LogP contribution in [-0.4, -0.2) is 40.8 Å². The van der Waals surface area contributed by atoms with E-state index in [2.05, 4.69) is 0 Å². The monoisotopic (exact) mass is 339 g/mol. The third-order valence-corrected chi connectivity index (χ3v) is 4.17. The van der Waals surface area contributed by atoms with Gasteiger partial charge in [0.15, 0.2) is 0 Å². The zero-order valence-electron chi connectivity index (χ0n) is 13.8. The fraction of sp³-hybridized carbons (Fsp3) is 0.529. The number of carbonyl (C=O) groups excluding carboxylic acids is 1. The summed E-state index contributed by atoms with van der Waals surface area (Å²) in [6.07, 6.45) is -0.491. The molecule has 0 unspecified atom stereocenters. The average Bonchev–Trinajstić information content (AvgIpc) is 2.81. The molecule has 1 aliphatic rings. The first-order chi connectivity index (χ1) is 10.6. The molecule has 0 spiro atoms. The van der Waals surface area contributed by atoms with E-state index in [-0.39, 0.29) is 19.0 Å². The van der Waals surface area contributed by atoms with E-state index in [1.807, 2.05) is 25.1 Å². The zero-order valence-corrected chi connectivity index (χ0v) is 14.6. The highest BCUT2D eigenvalue weighted by molar-refractivity contribution is 6.31. The molecule has 0 aromatic heterocycles. The van der Waals surface area contributed by atoms with Crippen LogP contribution in [0, 0.1) is 12.8 Å². The molecular formula is C17H22ClNO4. The van der Waals surface area contributed by atoms with Gasteiger partial charge in [-0.05, 0) is 44.9 Å². The standard InChI is InChI=1S/C17H22ClNO4/c1-10-5-6-11(14(18)7-10)12-8-19(9-13(12)15(20)21)16(22)23-17(2,3)4/h5-7,12-13H,8-9H2,1-4H3,(H,20,21)/t12-,13+/m0/s1. The third kappa shape index (κ3) is 4.16. The lowest BCUT2D eigenvalue weighted by molar-refractivity contribution is -0.141. The van der Waals surface area contributed by atoms with Crippen LogP contribution in [-0.2, 0) is 9.53 Å². The number of carboxylic acids is 1. The summed E-state index contributed by atoms with van der Waals surface area (Å²) < 4.78 is 5.34. The summed E-state index contributed by atoms with van der Waals surface area (Å²) in [5, 5.41) is 10.0. The number of ether oxygens (including phenoxy) is 1. The zero-order chi connectivity index (χ0) is 17.4. The number of halogens is 1. The molecule has 1 N–H and O–H groups in total. The maximum atomic E-state index is 12.2. The van der Waals surface area contributed by atoms with Gasteiger partial charge in [-0.25, -0.2) is 4.79 Å². The number of aliphatic carboxylic acids is 1. The predicted octanol–water partition coefficient (Wildman–Crippen LogP) is 3.68. The van der Waals surface area contributed by atoms with Crippen LogP contribution < -0.4 is 0 Å². The second-order valence-electron chi connectivity index (χ2n) is 6.96. The molecular weight excluding hydrogens is 318 g/mol. The lowest BCUT2D eigenvalue weighted by Gasteiger charge is -2.24. The van der Waals surface area contributed by atoms with Crippen molar-refractivity contribution in [3.63, 3.8) is 0 Å². The Bertz CT molecular complexity index is 624. The fourth-order valence-electron chi connectivity index (χ4n) is 2.78. The first-order valence-corrected chi connectivity index (χ1v) is 7.93. The topological polar surface area (TPSA) is 66.8 Å². The van der Waals surface area contributed by atoms with E-state index < -0.39 is 23.6 Å². The first kappa shape index (κ1) is 17.6. The molecule has 1 fully saturated rings. The number of rotatable bonds is 2. The number of nitrogens with zero attached hydrogens (tertiary/aromatic N) is 1. The third-order valence-electron chi connectivity index (χ3n) is 3.84.